The van der Waals surface area contributed by atoms with E-state index in [1.54, 1.807) is 74.9 Å². The van der Waals surface area contributed by atoms with Crippen molar-refractivity contribution in [1.82, 2.24) is 0 Å². The molecule has 3 aromatic carbocycles. The normalized spacial score (nSPS) is 14.1. The standard InChI is InChI=1S/C23H18O6/c1-27-16-10-6-14(7-11-16)23(15-8-12-17(28-2)13-9-15)20-18(21(24)25)4-3-5-19(20)22(26)29-23/h3-13H,1-2H3,(H,24,25). The minimum atomic E-state index is -1.40. The summed E-state index contributed by atoms with van der Waals surface area (Å²) in [6.45, 7) is 0. The van der Waals surface area contributed by atoms with Gasteiger partial charge in [0.15, 0.2) is 5.60 Å². The maximum absolute atomic E-state index is 12.8. The molecule has 0 fully saturated rings. The van der Waals surface area contributed by atoms with Gasteiger partial charge < -0.3 is 19.3 Å². The van der Waals surface area contributed by atoms with E-state index in [1.807, 2.05) is 0 Å². The van der Waals surface area contributed by atoms with Crippen molar-refractivity contribution in [1.29, 1.82) is 0 Å². The van der Waals surface area contributed by atoms with E-state index in [0.717, 1.165) is 0 Å². The van der Waals surface area contributed by atoms with Gasteiger partial charge in [-0.05, 0) is 36.4 Å². The summed E-state index contributed by atoms with van der Waals surface area (Å²) in [5.74, 6) is -0.439. The number of rotatable bonds is 5. The van der Waals surface area contributed by atoms with Crippen molar-refractivity contribution in [3.05, 3.63) is 94.5 Å². The van der Waals surface area contributed by atoms with E-state index in [1.165, 1.54) is 6.07 Å². The molecule has 0 spiro atoms. The largest absolute Gasteiger partial charge is 0.497 e. The Hall–Kier alpha value is -3.80. The average Bonchev–Trinajstić information content (AvgIpc) is 3.07. The van der Waals surface area contributed by atoms with Gasteiger partial charge in [-0.15, -0.1) is 0 Å². The summed E-state index contributed by atoms with van der Waals surface area (Å²) in [6.07, 6.45) is 0. The molecule has 29 heavy (non-hydrogen) atoms. The number of esters is 1. The predicted molar refractivity (Wildman–Crippen MR) is 105 cm³/mol. The molecule has 3 aromatic rings. The van der Waals surface area contributed by atoms with Gasteiger partial charge in [0.2, 0.25) is 0 Å². The Kier molecular flexibility index (Phi) is 4.47. The van der Waals surface area contributed by atoms with Crippen molar-refractivity contribution < 1.29 is 28.9 Å². The van der Waals surface area contributed by atoms with Crippen LogP contribution in [-0.4, -0.2) is 31.3 Å². The molecule has 6 heteroatoms. The van der Waals surface area contributed by atoms with Crippen molar-refractivity contribution >= 4 is 11.9 Å². The number of carboxylic acid groups (broad SMARTS) is 1. The first-order valence-corrected chi connectivity index (χ1v) is 8.90. The lowest BCUT2D eigenvalue weighted by molar-refractivity contribution is 0.0246. The van der Waals surface area contributed by atoms with E-state index in [9.17, 15) is 14.7 Å². The Morgan fingerprint density at radius 2 is 1.38 bits per heavy atom. The predicted octanol–water partition coefficient (Wildman–Crippen LogP) is 3.86. The van der Waals surface area contributed by atoms with Crippen LogP contribution < -0.4 is 9.47 Å². The summed E-state index contributed by atoms with van der Waals surface area (Å²) in [7, 11) is 3.11. The summed E-state index contributed by atoms with van der Waals surface area (Å²) in [6, 6.07) is 18.7. The Bertz CT molecular complexity index is 1040. The van der Waals surface area contributed by atoms with Crippen LogP contribution in [-0.2, 0) is 10.3 Å². The Morgan fingerprint density at radius 1 is 0.862 bits per heavy atom. The van der Waals surface area contributed by atoms with Crippen molar-refractivity contribution in [2.45, 2.75) is 5.60 Å². The molecule has 0 aromatic heterocycles. The highest BCUT2D eigenvalue weighted by atomic mass is 16.6. The highest BCUT2D eigenvalue weighted by molar-refractivity contribution is 6.02. The first-order valence-electron chi connectivity index (χ1n) is 8.90. The number of hydrogen-bond donors (Lipinski definition) is 1. The Labute approximate surface area is 167 Å². The minimum Gasteiger partial charge on any atom is -0.497 e. The third-order valence-electron chi connectivity index (χ3n) is 5.11. The van der Waals surface area contributed by atoms with Gasteiger partial charge in [0, 0.05) is 16.7 Å². The lowest BCUT2D eigenvalue weighted by atomic mass is 9.77. The van der Waals surface area contributed by atoms with Crippen LogP contribution in [0.3, 0.4) is 0 Å². The van der Waals surface area contributed by atoms with Crippen LogP contribution >= 0.6 is 0 Å². The SMILES string of the molecule is COc1ccc(C2(c3ccc(OC)cc3)OC(=O)c3cccc(C(=O)O)c32)cc1. The zero-order valence-corrected chi connectivity index (χ0v) is 15.8. The summed E-state index contributed by atoms with van der Waals surface area (Å²) >= 11 is 0. The van der Waals surface area contributed by atoms with Gasteiger partial charge in [0.1, 0.15) is 11.5 Å². The van der Waals surface area contributed by atoms with Crippen LogP contribution in [0.4, 0.5) is 0 Å². The molecule has 1 aliphatic heterocycles. The number of cyclic esters (lactones) is 1. The maximum Gasteiger partial charge on any atom is 0.340 e. The number of methoxy groups -OCH3 is 2. The van der Waals surface area contributed by atoms with Crippen LogP contribution in [0.2, 0.25) is 0 Å². The molecule has 1 N–H and O–H groups in total. The molecule has 6 nitrogen and oxygen atoms in total. The summed E-state index contributed by atoms with van der Waals surface area (Å²) < 4.78 is 16.4. The second kappa shape index (κ2) is 6.98. The summed E-state index contributed by atoms with van der Waals surface area (Å²) in [5.41, 5.74) is 0.387. The van der Waals surface area contributed by atoms with E-state index < -0.39 is 17.5 Å². The molecule has 0 aliphatic carbocycles. The number of ether oxygens (including phenoxy) is 3. The molecule has 0 unspecified atom stereocenters. The molecule has 4 rings (SSSR count). The molecule has 0 radical (unpaired) electrons. The van der Waals surface area contributed by atoms with E-state index in [4.69, 9.17) is 14.2 Å². The molecule has 0 atom stereocenters. The third kappa shape index (κ3) is 2.81. The van der Waals surface area contributed by atoms with E-state index >= 15 is 0 Å². The molecule has 0 amide bonds. The number of hydrogen-bond acceptors (Lipinski definition) is 5. The molecule has 0 bridgehead atoms. The molecule has 146 valence electrons. The van der Waals surface area contributed by atoms with Gasteiger partial charge in [-0.25, -0.2) is 9.59 Å². The highest BCUT2D eigenvalue weighted by Crippen LogP contribution is 2.49. The van der Waals surface area contributed by atoms with E-state index in [0.29, 0.717) is 28.2 Å². The molecule has 1 aliphatic rings. The zero-order valence-electron chi connectivity index (χ0n) is 15.8. The van der Waals surface area contributed by atoms with E-state index in [2.05, 4.69) is 0 Å². The second-order valence-electron chi connectivity index (χ2n) is 6.56. The molecule has 0 saturated carbocycles. The van der Waals surface area contributed by atoms with Gasteiger partial charge in [0.25, 0.3) is 0 Å². The Morgan fingerprint density at radius 3 is 1.83 bits per heavy atom. The van der Waals surface area contributed by atoms with Gasteiger partial charge in [-0.2, -0.15) is 0 Å². The second-order valence-corrected chi connectivity index (χ2v) is 6.56. The molecular weight excluding hydrogens is 372 g/mol. The maximum atomic E-state index is 12.8. The fourth-order valence-corrected chi connectivity index (χ4v) is 3.75. The van der Waals surface area contributed by atoms with Crippen molar-refractivity contribution in [3.63, 3.8) is 0 Å². The van der Waals surface area contributed by atoms with Crippen LogP contribution in [0.25, 0.3) is 0 Å². The fraction of sp³-hybridized carbons (Fsp3) is 0.130. The molecular formula is C23H18O6. The zero-order chi connectivity index (χ0) is 20.6. The number of benzene rings is 3. The number of carbonyl (C=O) groups is 2. The van der Waals surface area contributed by atoms with Crippen molar-refractivity contribution in [3.8, 4) is 11.5 Å². The summed E-state index contributed by atoms with van der Waals surface area (Å²) in [4.78, 5) is 24.8. The smallest absolute Gasteiger partial charge is 0.340 e. The molecule has 1 heterocycles. The topological polar surface area (TPSA) is 82.1 Å². The first kappa shape index (κ1) is 18.6. The van der Waals surface area contributed by atoms with Gasteiger partial charge in [0.05, 0.1) is 25.3 Å². The number of fused-ring (bicyclic) bond motifs is 1. The average molecular weight is 390 g/mol. The van der Waals surface area contributed by atoms with Gasteiger partial charge in [-0.3, -0.25) is 0 Å². The minimum absolute atomic E-state index is 0.0139. The van der Waals surface area contributed by atoms with Crippen LogP contribution in [0.1, 0.15) is 37.4 Å². The Balaban J connectivity index is 2.05. The third-order valence-corrected chi connectivity index (χ3v) is 5.11. The lowest BCUT2D eigenvalue weighted by Crippen LogP contribution is -2.31. The first-order chi connectivity index (χ1) is 14.0. The van der Waals surface area contributed by atoms with Crippen LogP contribution in [0.5, 0.6) is 11.5 Å². The quantitative estimate of drug-likeness (QED) is 0.666. The fourth-order valence-electron chi connectivity index (χ4n) is 3.75. The number of carbonyl (C=O) groups excluding carboxylic acids is 1. The monoisotopic (exact) mass is 390 g/mol. The van der Waals surface area contributed by atoms with Crippen molar-refractivity contribution in [2.75, 3.05) is 14.2 Å². The van der Waals surface area contributed by atoms with Crippen molar-refractivity contribution in [2.24, 2.45) is 0 Å². The lowest BCUT2D eigenvalue weighted by Gasteiger charge is -2.31. The van der Waals surface area contributed by atoms with Gasteiger partial charge in [-0.1, -0.05) is 30.3 Å². The van der Waals surface area contributed by atoms with Gasteiger partial charge >= 0.3 is 11.9 Å². The number of aromatic carboxylic acids is 1. The highest BCUT2D eigenvalue weighted by Gasteiger charge is 2.50. The van der Waals surface area contributed by atoms with E-state index in [-0.39, 0.29) is 11.1 Å². The van der Waals surface area contributed by atoms with Crippen LogP contribution in [0, 0.1) is 0 Å². The number of carboxylic acids is 1. The summed E-state index contributed by atoms with van der Waals surface area (Å²) in [5, 5.41) is 9.82. The molecule has 0 saturated heterocycles. The van der Waals surface area contributed by atoms with Crippen LogP contribution in [0.15, 0.2) is 66.7 Å².